The van der Waals surface area contributed by atoms with Gasteiger partial charge >= 0.3 is 0 Å². The summed E-state index contributed by atoms with van der Waals surface area (Å²) in [5, 5.41) is 1.03. The van der Waals surface area contributed by atoms with Crippen molar-refractivity contribution in [1.82, 2.24) is 9.55 Å². The predicted molar refractivity (Wildman–Crippen MR) is 124 cm³/mol. The fourth-order valence-corrected chi connectivity index (χ4v) is 4.74. The van der Waals surface area contributed by atoms with Gasteiger partial charge in [0.25, 0.3) is 5.56 Å². The second-order valence-corrected chi connectivity index (χ2v) is 8.51. The SMILES string of the molecule is Cc1cccc(C)c1-n1c(SCC(=O)c2ccc3c(c2)OCO3)nc2ccccc2c1=O. The Morgan fingerprint density at radius 3 is 2.56 bits per heavy atom. The third kappa shape index (κ3) is 3.54. The first-order chi connectivity index (χ1) is 15.5. The minimum atomic E-state index is -0.147. The molecule has 7 heteroatoms. The van der Waals surface area contributed by atoms with Crippen LogP contribution in [0.3, 0.4) is 0 Å². The van der Waals surface area contributed by atoms with E-state index in [0.29, 0.717) is 33.1 Å². The number of ether oxygens (including phenoxy) is 2. The Bertz CT molecular complexity index is 1410. The van der Waals surface area contributed by atoms with E-state index in [9.17, 15) is 9.59 Å². The number of thioether (sulfide) groups is 1. The summed E-state index contributed by atoms with van der Waals surface area (Å²) in [5.74, 6) is 1.25. The number of hydrogen-bond donors (Lipinski definition) is 0. The fourth-order valence-electron chi connectivity index (χ4n) is 3.85. The molecule has 0 saturated carbocycles. The summed E-state index contributed by atoms with van der Waals surface area (Å²) in [6, 6.07) is 18.3. The minimum absolute atomic E-state index is 0.0798. The fraction of sp³-hybridized carbons (Fsp3) is 0.160. The quantitative estimate of drug-likeness (QED) is 0.252. The molecule has 160 valence electrons. The Hall–Kier alpha value is -3.58. The van der Waals surface area contributed by atoms with Crippen LogP contribution in [0.1, 0.15) is 21.5 Å². The Kier molecular flexibility index (Phi) is 5.19. The van der Waals surface area contributed by atoms with E-state index >= 15 is 0 Å². The summed E-state index contributed by atoms with van der Waals surface area (Å²) >= 11 is 1.25. The van der Waals surface area contributed by atoms with Crippen LogP contribution < -0.4 is 15.0 Å². The monoisotopic (exact) mass is 444 g/mol. The van der Waals surface area contributed by atoms with Gasteiger partial charge < -0.3 is 9.47 Å². The van der Waals surface area contributed by atoms with Crippen molar-refractivity contribution < 1.29 is 14.3 Å². The van der Waals surface area contributed by atoms with Gasteiger partial charge in [-0.1, -0.05) is 42.1 Å². The molecule has 0 atom stereocenters. The Morgan fingerprint density at radius 1 is 1.00 bits per heavy atom. The molecule has 1 aliphatic rings. The van der Waals surface area contributed by atoms with Crippen LogP contribution in [0, 0.1) is 13.8 Å². The van der Waals surface area contributed by atoms with Crippen molar-refractivity contribution in [3.8, 4) is 17.2 Å². The van der Waals surface area contributed by atoms with Gasteiger partial charge in [0.05, 0.1) is 22.3 Å². The molecular weight excluding hydrogens is 424 g/mol. The highest BCUT2D eigenvalue weighted by molar-refractivity contribution is 7.99. The topological polar surface area (TPSA) is 70.4 Å². The number of Topliss-reactive ketones (excluding diaryl/α,β-unsaturated/α-hetero) is 1. The van der Waals surface area contributed by atoms with Gasteiger partial charge in [0.15, 0.2) is 22.4 Å². The number of nitrogens with zero attached hydrogens (tertiary/aromatic N) is 2. The highest BCUT2D eigenvalue weighted by Crippen LogP contribution is 2.33. The lowest BCUT2D eigenvalue weighted by atomic mass is 10.1. The third-order valence-electron chi connectivity index (χ3n) is 5.43. The molecule has 0 spiro atoms. The molecule has 2 heterocycles. The van der Waals surface area contributed by atoms with Gasteiger partial charge in [-0.3, -0.25) is 14.2 Å². The van der Waals surface area contributed by atoms with Crippen molar-refractivity contribution in [3.63, 3.8) is 0 Å². The van der Waals surface area contributed by atoms with E-state index in [1.807, 2.05) is 50.2 Å². The molecule has 32 heavy (non-hydrogen) atoms. The number of hydrogen-bond acceptors (Lipinski definition) is 6. The van der Waals surface area contributed by atoms with Crippen LogP contribution in [0.5, 0.6) is 11.5 Å². The van der Waals surface area contributed by atoms with Gasteiger partial charge in [-0.15, -0.1) is 0 Å². The second-order valence-electron chi connectivity index (χ2n) is 7.57. The molecule has 0 N–H and O–H groups in total. The van der Waals surface area contributed by atoms with Crippen molar-refractivity contribution in [1.29, 1.82) is 0 Å². The van der Waals surface area contributed by atoms with E-state index in [0.717, 1.165) is 16.8 Å². The van der Waals surface area contributed by atoms with Crippen molar-refractivity contribution in [2.45, 2.75) is 19.0 Å². The maximum absolute atomic E-state index is 13.5. The van der Waals surface area contributed by atoms with Crippen LogP contribution in [0.15, 0.2) is 70.6 Å². The van der Waals surface area contributed by atoms with E-state index in [2.05, 4.69) is 0 Å². The first-order valence-corrected chi connectivity index (χ1v) is 11.2. The zero-order chi connectivity index (χ0) is 22.2. The molecule has 4 aromatic rings. The molecule has 3 aromatic carbocycles. The summed E-state index contributed by atoms with van der Waals surface area (Å²) < 4.78 is 12.3. The zero-order valence-electron chi connectivity index (χ0n) is 17.6. The number of fused-ring (bicyclic) bond motifs is 2. The molecule has 5 rings (SSSR count). The number of aryl methyl sites for hydroxylation is 2. The Labute approximate surface area is 188 Å². The number of ketones is 1. The molecule has 0 fully saturated rings. The van der Waals surface area contributed by atoms with Gasteiger partial charge in [-0.25, -0.2) is 4.98 Å². The number of benzene rings is 3. The second kappa shape index (κ2) is 8.16. The molecule has 0 unspecified atom stereocenters. The Balaban J connectivity index is 1.56. The number of para-hydroxylation sites is 2. The average molecular weight is 445 g/mol. The number of aromatic nitrogens is 2. The van der Waals surface area contributed by atoms with Crippen molar-refractivity contribution in [3.05, 3.63) is 87.7 Å². The van der Waals surface area contributed by atoms with Crippen molar-refractivity contribution >= 4 is 28.4 Å². The molecule has 0 radical (unpaired) electrons. The highest BCUT2D eigenvalue weighted by Gasteiger charge is 2.20. The van der Waals surface area contributed by atoms with Crippen LogP contribution in [0.25, 0.3) is 16.6 Å². The number of rotatable bonds is 5. The Morgan fingerprint density at radius 2 is 1.75 bits per heavy atom. The number of carbonyl (C=O) groups excluding carboxylic acids is 1. The first kappa shape index (κ1) is 20.3. The number of carbonyl (C=O) groups is 1. The van der Waals surface area contributed by atoms with Crippen LogP contribution in [0.2, 0.25) is 0 Å². The molecular formula is C25H20N2O4S. The lowest BCUT2D eigenvalue weighted by molar-refractivity contribution is 0.102. The normalized spacial score (nSPS) is 12.3. The molecule has 0 saturated heterocycles. The maximum Gasteiger partial charge on any atom is 0.266 e. The van der Waals surface area contributed by atoms with Crippen LogP contribution >= 0.6 is 11.8 Å². The largest absolute Gasteiger partial charge is 0.454 e. The van der Waals surface area contributed by atoms with E-state index in [4.69, 9.17) is 14.5 Å². The third-order valence-corrected chi connectivity index (χ3v) is 6.37. The highest BCUT2D eigenvalue weighted by atomic mass is 32.2. The van der Waals surface area contributed by atoms with Crippen LogP contribution in [0.4, 0.5) is 0 Å². The average Bonchev–Trinajstić information content (AvgIpc) is 3.27. The molecule has 1 aromatic heterocycles. The lowest BCUT2D eigenvalue weighted by Gasteiger charge is -2.17. The maximum atomic E-state index is 13.5. The van der Waals surface area contributed by atoms with Crippen LogP contribution in [-0.4, -0.2) is 27.9 Å². The summed E-state index contributed by atoms with van der Waals surface area (Å²) in [5.41, 5.74) is 3.72. The van der Waals surface area contributed by atoms with E-state index in [-0.39, 0.29) is 23.9 Å². The molecule has 0 amide bonds. The smallest absolute Gasteiger partial charge is 0.266 e. The van der Waals surface area contributed by atoms with E-state index in [1.165, 1.54) is 11.8 Å². The summed E-state index contributed by atoms with van der Waals surface area (Å²) in [7, 11) is 0. The van der Waals surface area contributed by atoms with Gasteiger partial charge in [0.1, 0.15) is 0 Å². The molecule has 1 aliphatic heterocycles. The van der Waals surface area contributed by atoms with Crippen molar-refractivity contribution in [2.24, 2.45) is 0 Å². The minimum Gasteiger partial charge on any atom is -0.454 e. The summed E-state index contributed by atoms with van der Waals surface area (Å²) in [4.78, 5) is 31.2. The molecule has 6 nitrogen and oxygen atoms in total. The van der Waals surface area contributed by atoms with E-state index in [1.54, 1.807) is 28.8 Å². The first-order valence-electron chi connectivity index (χ1n) is 10.2. The van der Waals surface area contributed by atoms with Gasteiger partial charge in [-0.05, 0) is 55.3 Å². The van der Waals surface area contributed by atoms with Crippen molar-refractivity contribution in [2.75, 3.05) is 12.5 Å². The standard InChI is InChI=1S/C25H20N2O4S/c1-15-6-5-7-16(2)23(15)27-24(29)18-8-3-4-9-19(18)26-25(27)32-13-20(28)17-10-11-21-22(12-17)31-14-30-21/h3-12H,13-14H2,1-2H3. The lowest BCUT2D eigenvalue weighted by Crippen LogP contribution is -2.23. The zero-order valence-corrected chi connectivity index (χ0v) is 18.4. The summed E-state index contributed by atoms with van der Waals surface area (Å²) in [6.45, 7) is 4.09. The molecule has 0 aliphatic carbocycles. The predicted octanol–water partition coefficient (Wildman–Crippen LogP) is 4.71. The van der Waals surface area contributed by atoms with Gasteiger partial charge in [-0.2, -0.15) is 0 Å². The molecule has 0 bridgehead atoms. The van der Waals surface area contributed by atoms with Crippen LogP contribution in [-0.2, 0) is 0 Å². The van der Waals surface area contributed by atoms with Gasteiger partial charge in [0, 0.05) is 5.56 Å². The van der Waals surface area contributed by atoms with Gasteiger partial charge in [0.2, 0.25) is 6.79 Å². The summed E-state index contributed by atoms with van der Waals surface area (Å²) in [6.07, 6.45) is 0. The van der Waals surface area contributed by atoms with E-state index < -0.39 is 0 Å².